The highest BCUT2D eigenvalue weighted by Crippen LogP contribution is 2.74. The molecule has 0 aliphatic heterocycles. The summed E-state index contributed by atoms with van der Waals surface area (Å²) in [6, 6.07) is 6.05. The van der Waals surface area contributed by atoms with E-state index in [1.54, 1.807) is 12.1 Å². The molecular weight excluding hydrogens is 224 g/mol. The molecule has 3 saturated carbocycles. The molecule has 0 aromatic heterocycles. The minimum absolute atomic E-state index is 0.0695. The fourth-order valence-corrected chi connectivity index (χ4v) is 3.31. The van der Waals surface area contributed by atoms with E-state index in [1.165, 1.54) is 19.2 Å². The monoisotopic (exact) mass is 239 g/mol. The molecule has 0 amide bonds. The zero-order valence-corrected chi connectivity index (χ0v) is 9.67. The number of rotatable bonds is 3. The Bertz CT molecular complexity index is 435. The minimum atomic E-state index is -2.78. The summed E-state index contributed by atoms with van der Waals surface area (Å²) < 4.78 is 33.6. The average molecular weight is 239 g/mol. The molecule has 4 rings (SSSR count). The van der Waals surface area contributed by atoms with Crippen LogP contribution in [0.2, 0.25) is 0 Å². The van der Waals surface area contributed by atoms with E-state index in [4.69, 9.17) is 10.5 Å². The molecule has 1 aromatic rings. The fourth-order valence-electron chi connectivity index (χ4n) is 3.31. The molecule has 4 heteroatoms. The van der Waals surface area contributed by atoms with Gasteiger partial charge in [0, 0.05) is 16.5 Å². The van der Waals surface area contributed by atoms with Crippen molar-refractivity contribution in [1.82, 2.24) is 0 Å². The molecule has 0 heterocycles. The van der Waals surface area contributed by atoms with Gasteiger partial charge in [-0.3, -0.25) is 0 Å². The molecule has 1 aromatic carbocycles. The van der Waals surface area contributed by atoms with E-state index < -0.39 is 11.3 Å². The summed E-state index contributed by atoms with van der Waals surface area (Å²) in [5.74, 6) is -2.18. The molecule has 2 N–H and O–H groups in total. The van der Waals surface area contributed by atoms with Crippen molar-refractivity contribution < 1.29 is 13.5 Å². The predicted molar refractivity (Wildman–Crippen MR) is 60.1 cm³/mol. The van der Waals surface area contributed by atoms with Gasteiger partial charge in [-0.2, -0.15) is 0 Å². The summed E-state index contributed by atoms with van der Waals surface area (Å²) in [6.07, 6.45) is 1.33. The van der Waals surface area contributed by atoms with E-state index in [0.717, 1.165) is 0 Å². The van der Waals surface area contributed by atoms with Gasteiger partial charge in [-0.25, -0.2) is 8.78 Å². The number of hydrogen-bond acceptors (Lipinski definition) is 2. The summed E-state index contributed by atoms with van der Waals surface area (Å²) in [4.78, 5) is 0. The van der Waals surface area contributed by atoms with Crippen LogP contribution < -0.4 is 10.5 Å². The van der Waals surface area contributed by atoms with Gasteiger partial charge in [-0.05, 0) is 43.5 Å². The highest BCUT2D eigenvalue weighted by molar-refractivity contribution is 5.36. The summed E-state index contributed by atoms with van der Waals surface area (Å²) in [5.41, 5.74) is 4.73. The lowest BCUT2D eigenvalue weighted by Crippen LogP contribution is -2.76. The second kappa shape index (κ2) is 2.99. The van der Waals surface area contributed by atoms with Crippen LogP contribution >= 0.6 is 0 Å². The van der Waals surface area contributed by atoms with Crippen LogP contribution in [0.5, 0.6) is 5.75 Å². The topological polar surface area (TPSA) is 35.2 Å². The molecule has 3 aliphatic rings. The Kier molecular flexibility index (Phi) is 1.93. The van der Waals surface area contributed by atoms with Crippen LogP contribution in [0.15, 0.2) is 24.3 Å². The lowest BCUT2D eigenvalue weighted by Gasteiger charge is -2.71. The molecular formula is C13H15F2NO. The fraction of sp³-hybridized carbons (Fsp3) is 0.538. The van der Waals surface area contributed by atoms with Gasteiger partial charge >= 0.3 is 0 Å². The third-order valence-electron chi connectivity index (χ3n) is 4.19. The lowest BCUT2D eigenvalue weighted by atomic mass is 9.37. The summed E-state index contributed by atoms with van der Waals surface area (Å²) in [7, 11) is 1.52. The van der Waals surface area contributed by atoms with E-state index in [-0.39, 0.29) is 11.1 Å². The standard InChI is InChI=1S/C13H15F2NO/c1-17-10-4-2-9(3-5-10)13(14,15)11-6-12(16,7-11)8-11/h2-5H,6-8,16H2,1H3. The van der Waals surface area contributed by atoms with Crippen molar-refractivity contribution in [3.63, 3.8) is 0 Å². The first-order valence-electron chi connectivity index (χ1n) is 5.72. The Balaban J connectivity index is 1.87. The molecule has 3 fully saturated rings. The zero-order valence-electron chi connectivity index (χ0n) is 9.67. The highest BCUT2D eigenvalue weighted by atomic mass is 19.3. The lowest BCUT2D eigenvalue weighted by molar-refractivity contribution is -0.281. The molecule has 0 unspecified atom stereocenters. The molecule has 0 atom stereocenters. The van der Waals surface area contributed by atoms with E-state index >= 15 is 0 Å². The van der Waals surface area contributed by atoms with Crippen molar-refractivity contribution in [1.29, 1.82) is 0 Å². The van der Waals surface area contributed by atoms with Gasteiger partial charge in [0.1, 0.15) is 5.75 Å². The predicted octanol–water partition coefficient (Wildman–Crippen LogP) is 2.67. The third-order valence-corrected chi connectivity index (χ3v) is 4.19. The number of benzene rings is 1. The molecule has 92 valence electrons. The second-order valence-corrected chi connectivity index (χ2v) is 5.48. The first-order chi connectivity index (χ1) is 7.91. The van der Waals surface area contributed by atoms with Crippen LogP contribution in [0.3, 0.4) is 0 Å². The van der Waals surface area contributed by atoms with Gasteiger partial charge in [0.2, 0.25) is 0 Å². The van der Waals surface area contributed by atoms with E-state index in [0.29, 0.717) is 25.0 Å². The van der Waals surface area contributed by atoms with E-state index in [2.05, 4.69) is 0 Å². The van der Waals surface area contributed by atoms with Crippen molar-refractivity contribution in [2.45, 2.75) is 30.7 Å². The normalized spacial score (nSPS) is 34.8. The summed E-state index contributed by atoms with van der Waals surface area (Å²) in [6.45, 7) is 0. The van der Waals surface area contributed by atoms with Gasteiger partial charge in [0.15, 0.2) is 0 Å². The maximum absolute atomic E-state index is 14.3. The quantitative estimate of drug-likeness (QED) is 0.880. The molecule has 0 saturated heterocycles. The SMILES string of the molecule is COc1ccc(C(F)(F)C23CC(N)(C2)C3)cc1. The molecule has 2 bridgehead atoms. The van der Waals surface area contributed by atoms with E-state index in [1.807, 2.05) is 0 Å². The molecule has 3 aliphatic carbocycles. The number of alkyl halides is 2. The zero-order chi connectivity index (χ0) is 12.3. The van der Waals surface area contributed by atoms with Crippen LogP contribution in [-0.2, 0) is 5.92 Å². The maximum atomic E-state index is 14.3. The van der Waals surface area contributed by atoms with Crippen LogP contribution in [0, 0.1) is 5.41 Å². The van der Waals surface area contributed by atoms with Gasteiger partial charge in [0.05, 0.1) is 7.11 Å². The van der Waals surface area contributed by atoms with Crippen molar-refractivity contribution in [2.75, 3.05) is 7.11 Å². The number of hydrogen-bond donors (Lipinski definition) is 1. The Labute approximate surface area is 98.8 Å². The molecule has 2 nitrogen and oxygen atoms in total. The minimum Gasteiger partial charge on any atom is -0.497 e. The highest BCUT2D eigenvalue weighted by Gasteiger charge is 2.76. The van der Waals surface area contributed by atoms with Gasteiger partial charge in [-0.15, -0.1) is 0 Å². The van der Waals surface area contributed by atoms with Crippen molar-refractivity contribution in [3.8, 4) is 5.75 Å². The smallest absolute Gasteiger partial charge is 0.278 e. The van der Waals surface area contributed by atoms with E-state index in [9.17, 15) is 8.78 Å². The largest absolute Gasteiger partial charge is 0.497 e. The Morgan fingerprint density at radius 3 is 2.12 bits per heavy atom. The van der Waals surface area contributed by atoms with Gasteiger partial charge in [-0.1, -0.05) is 0 Å². The summed E-state index contributed by atoms with van der Waals surface area (Å²) >= 11 is 0. The number of nitrogens with two attached hydrogens (primary N) is 1. The third kappa shape index (κ3) is 1.27. The molecule has 17 heavy (non-hydrogen) atoms. The second-order valence-electron chi connectivity index (χ2n) is 5.48. The molecule has 0 spiro atoms. The van der Waals surface area contributed by atoms with Crippen LogP contribution in [-0.4, -0.2) is 12.6 Å². The number of ether oxygens (including phenoxy) is 1. The Morgan fingerprint density at radius 2 is 1.71 bits per heavy atom. The van der Waals surface area contributed by atoms with Crippen molar-refractivity contribution in [3.05, 3.63) is 29.8 Å². The maximum Gasteiger partial charge on any atom is 0.278 e. The Hall–Kier alpha value is -1.16. The van der Waals surface area contributed by atoms with Crippen LogP contribution in [0.1, 0.15) is 24.8 Å². The van der Waals surface area contributed by atoms with Gasteiger partial charge in [0.25, 0.3) is 5.92 Å². The van der Waals surface area contributed by atoms with Crippen molar-refractivity contribution >= 4 is 0 Å². The van der Waals surface area contributed by atoms with Crippen molar-refractivity contribution in [2.24, 2.45) is 11.1 Å². The summed E-state index contributed by atoms with van der Waals surface area (Å²) in [5, 5.41) is 0. The average Bonchev–Trinajstić information content (AvgIpc) is 2.23. The first kappa shape index (κ1) is 11.0. The van der Waals surface area contributed by atoms with Crippen LogP contribution in [0.25, 0.3) is 0 Å². The molecule has 0 radical (unpaired) electrons. The number of halogens is 2. The number of methoxy groups -OCH3 is 1. The first-order valence-corrected chi connectivity index (χ1v) is 5.72. The van der Waals surface area contributed by atoms with Crippen LogP contribution in [0.4, 0.5) is 8.78 Å². The Morgan fingerprint density at radius 1 is 1.18 bits per heavy atom. The van der Waals surface area contributed by atoms with Gasteiger partial charge < -0.3 is 10.5 Å².